The van der Waals surface area contributed by atoms with Gasteiger partial charge in [-0.2, -0.15) is 5.10 Å². The second-order valence-electron chi connectivity index (χ2n) is 4.81. The van der Waals surface area contributed by atoms with E-state index in [-0.39, 0.29) is 6.04 Å². The number of H-pyrrole nitrogens is 1. The van der Waals surface area contributed by atoms with Gasteiger partial charge in [0.1, 0.15) is 0 Å². The van der Waals surface area contributed by atoms with Crippen LogP contribution in [0.25, 0.3) is 0 Å². The quantitative estimate of drug-likeness (QED) is 0.869. The van der Waals surface area contributed by atoms with Crippen molar-refractivity contribution < 1.29 is 0 Å². The van der Waals surface area contributed by atoms with Gasteiger partial charge in [-0.05, 0) is 25.8 Å². The largest absolute Gasteiger partial charge is 0.348 e. The molecule has 5 nitrogen and oxygen atoms in total. The van der Waals surface area contributed by atoms with Crippen molar-refractivity contribution >= 4 is 5.95 Å². The first-order valence-corrected chi connectivity index (χ1v) is 6.17. The van der Waals surface area contributed by atoms with Crippen LogP contribution in [0.3, 0.4) is 0 Å². The molecule has 0 aliphatic carbocycles. The number of aryl methyl sites for hydroxylation is 1. The molecule has 18 heavy (non-hydrogen) atoms. The summed E-state index contributed by atoms with van der Waals surface area (Å²) in [6, 6.07) is 2.16. The smallest absolute Gasteiger partial charge is 0.223 e. The Hall–Kier alpha value is -1.91. The summed E-state index contributed by atoms with van der Waals surface area (Å²) in [7, 11) is 0. The van der Waals surface area contributed by atoms with Crippen LogP contribution < -0.4 is 5.32 Å². The lowest BCUT2D eigenvalue weighted by Crippen LogP contribution is -2.10. The molecule has 0 radical (unpaired) electrons. The highest BCUT2D eigenvalue weighted by Gasteiger charge is 2.10. The van der Waals surface area contributed by atoms with Gasteiger partial charge in [-0.1, -0.05) is 13.8 Å². The van der Waals surface area contributed by atoms with Crippen molar-refractivity contribution in [1.82, 2.24) is 20.2 Å². The molecule has 2 heterocycles. The van der Waals surface area contributed by atoms with Crippen LogP contribution in [0.2, 0.25) is 0 Å². The molecular weight excluding hydrogens is 226 g/mol. The van der Waals surface area contributed by atoms with E-state index in [1.807, 2.05) is 19.2 Å². The molecular formula is C13H19N5. The van der Waals surface area contributed by atoms with Crippen molar-refractivity contribution in [3.8, 4) is 0 Å². The average molecular weight is 245 g/mol. The molecule has 96 valence electrons. The number of aromatic nitrogens is 4. The van der Waals surface area contributed by atoms with E-state index >= 15 is 0 Å². The number of hydrogen-bond donors (Lipinski definition) is 2. The van der Waals surface area contributed by atoms with E-state index in [0.29, 0.717) is 11.9 Å². The summed E-state index contributed by atoms with van der Waals surface area (Å²) in [6.07, 6.45) is 3.67. The summed E-state index contributed by atoms with van der Waals surface area (Å²) < 4.78 is 0. The molecule has 0 aliphatic heterocycles. The maximum Gasteiger partial charge on any atom is 0.223 e. The summed E-state index contributed by atoms with van der Waals surface area (Å²) in [5, 5.41) is 10.0. The van der Waals surface area contributed by atoms with E-state index in [4.69, 9.17) is 0 Å². The van der Waals surface area contributed by atoms with E-state index in [2.05, 4.69) is 46.3 Å². The Kier molecular flexibility index (Phi) is 3.60. The lowest BCUT2D eigenvalue weighted by atomic mass is 10.1. The maximum absolute atomic E-state index is 4.53. The van der Waals surface area contributed by atoms with Crippen LogP contribution in [0.15, 0.2) is 18.5 Å². The van der Waals surface area contributed by atoms with Crippen LogP contribution in [0.4, 0.5) is 5.95 Å². The zero-order valence-corrected chi connectivity index (χ0v) is 11.2. The molecule has 1 atom stereocenters. The number of rotatable bonds is 4. The lowest BCUT2D eigenvalue weighted by Gasteiger charge is -2.14. The van der Waals surface area contributed by atoms with Crippen LogP contribution in [-0.4, -0.2) is 20.2 Å². The molecule has 0 bridgehead atoms. The summed E-state index contributed by atoms with van der Waals surface area (Å²) >= 11 is 0. The van der Waals surface area contributed by atoms with Crippen molar-refractivity contribution in [3.05, 3.63) is 35.4 Å². The summed E-state index contributed by atoms with van der Waals surface area (Å²) in [5.41, 5.74) is 3.13. The zero-order chi connectivity index (χ0) is 13.1. The van der Waals surface area contributed by atoms with Crippen molar-refractivity contribution in [2.75, 3.05) is 5.32 Å². The third kappa shape index (κ3) is 2.85. The van der Waals surface area contributed by atoms with Crippen molar-refractivity contribution in [1.29, 1.82) is 0 Å². The third-order valence-corrected chi connectivity index (χ3v) is 2.83. The van der Waals surface area contributed by atoms with Gasteiger partial charge in [-0.15, -0.1) is 0 Å². The van der Waals surface area contributed by atoms with E-state index in [1.54, 1.807) is 6.20 Å². The fourth-order valence-electron chi connectivity index (χ4n) is 1.73. The van der Waals surface area contributed by atoms with Gasteiger partial charge in [0.2, 0.25) is 5.95 Å². The highest BCUT2D eigenvalue weighted by atomic mass is 15.1. The maximum atomic E-state index is 4.53. The van der Waals surface area contributed by atoms with Crippen molar-refractivity contribution in [3.63, 3.8) is 0 Å². The lowest BCUT2D eigenvalue weighted by molar-refractivity contribution is 0.794. The molecule has 0 aliphatic rings. The fourth-order valence-corrected chi connectivity index (χ4v) is 1.73. The number of aromatic amines is 1. The minimum atomic E-state index is 0.130. The Morgan fingerprint density at radius 3 is 2.61 bits per heavy atom. The van der Waals surface area contributed by atoms with Crippen LogP contribution in [-0.2, 0) is 0 Å². The Morgan fingerprint density at radius 2 is 2.00 bits per heavy atom. The van der Waals surface area contributed by atoms with Gasteiger partial charge in [-0.3, -0.25) is 5.10 Å². The van der Waals surface area contributed by atoms with Crippen LogP contribution in [0, 0.1) is 6.92 Å². The second kappa shape index (κ2) is 5.16. The Balaban J connectivity index is 2.18. The second-order valence-corrected chi connectivity index (χ2v) is 4.81. The minimum absolute atomic E-state index is 0.130. The highest BCUT2D eigenvalue weighted by Crippen LogP contribution is 2.18. The monoisotopic (exact) mass is 245 g/mol. The molecule has 0 saturated carbocycles. The summed E-state index contributed by atoms with van der Waals surface area (Å²) in [5.74, 6) is 1.07. The fraction of sp³-hybridized carbons (Fsp3) is 0.462. The predicted molar refractivity (Wildman–Crippen MR) is 71.5 cm³/mol. The predicted octanol–water partition coefficient (Wildman–Crippen LogP) is 2.80. The van der Waals surface area contributed by atoms with Gasteiger partial charge < -0.3 is 5.32 Å². The van der Waals surface area contributed by atoms with Crippen LogP contribution in [0.5, 0.6) is 0 Å². The molecule has 2 aromatic rings. The standard InChI is InChI=1S/C13H19N5/c1-8(2)12-5-9(3)16-13(18-12)17-10(4)11-6-14-15-7-11/h5-8,10H,1-4H3,(H,14,15)(H,16,17,18). The molecule has 0 aromatic carbocycles. The molecule has 1 unspecified atom stereocenters. The average Bonchev–Trinajstić information content (AvgIpc) is 2.81. The van der Waals surface area contributed by atoms with E-state index < -0.39 is 0 Å². The van der Waals surface area contributed by atoms with Gasteiger partial charge in [0.15, 0.2) is 0 Å². The summed E-state index contributed by atoms with van der Waals surface area (Å²) in [4.78, 5) is 8.94. The van der Waals surface area contributed by atoms with Crippen molar-refractivity contribution in [2.24, 2.45) is 0 Å². The van der Waals surface area contributed by atoms with Gasteiger partial charge in [-0.25, -0.2) is 9.97 Å². The van der Waals surface area contributed by atoms with Gasteiger partial charge in [0, 0.05) is 23.1 Å². The first-order chi connectivity index (χ1) is 8.56. The highest BCUT2D eigenvalue weighted by molar-refractivity contribution is 5.32. The molecule has 0 fully saturated rings. The molecule has 0 spiro atoms. The SMILES string of the molecule is Cc1cc(C(C)C)nc(NC(C)c2cn[nH]c2)n1. The molecule has 2 aromatic heterocycles. The molecule has 2 N–H and O–H groups in total. The molecule has 0 saturated heterocycles. The minimum Gasteiger partial charge on any atom is -0.348 e. The van der Waals surface area contributed by atoms with Crippen LogP contribution >= 0.6 is 0 Å². The Morgan fingerprint density at radius 1 is 1.22 bits per heavy atom. The first-order valence-electron chi connectivity index (χ1n) is 6.17. The normalized spacial score (nSPS) is 12.7. The Bertz CT molecular complexity index is 504. The molecule has 5 heteroatoms. The van der Waals surface area contributed by atoms with Gasteiger partial charge in [0.25, 0.3) is 0 Å². The van der Waals surface area contributed by atoms with Crippen molar-refractivity contribution in [2.45, 2.75) is 39.7 Å². The van der Waals surface area contributed by atoms with E-state index in [9.17, 15) is 0 Å². The van der Waals surface area contributed by atoms with Crippen LogP contribution in [0.1, 0.15) is 49.7 Å². The van der Waals surface area contributed by atoms with E-state index in [0.717, 1.165) is 17.0 Å². The number of nitrogens with zero attached hydrogens (tertiary/aromatic N) is 3. The summed E-state index contributed by atoms with van der Waals surface area (Å²) in [6.45, 7) is 8.31. The Labute approximate surface area is 107 Å². The van der Waals surface area contributed by atoms with Gasteiger partial charge >= 0.3 is 0 Å². The topological polar surface area (TPSA) is 66.5 Å². The number of hydrogen-bond acceptors (Lipinski definition) is 4. The number of nitrogens with one attached hydrogen (secondary N) is 2. The molecule has 2 rings (SSSR count). The zero-order valence-electron chi connectivity index (χ0n) is 11.2. The number of anilines is 1. The van der Waals surface area contributed by atoms with Gasteiger partial charge in [0.05, 0.1) is 12.2 Å². The first kappa shape index (κ1) is 12.5. The molecule has 0 amide bonds. The van der Waals surface area contributed by atoms with E-state index in [1.165, 1.54) is 0 Å². The third-order valence-electron chi connectivity index (χ3n) is 2.83.